The summed E-state index contributed by atoms with van der Waals surface area (Å²) in [6.07, 6.45) is -4.53. The number of para-hydroxylation sites is 2. The summed E-state index contributed by atoms with van der Waals surface area (Å²) < 4.78 is 44.2. The van der Waals surface area contributed by atoms with Crippen LogP contribution in [0.2, 0.25) is 0 Å². The highest BCUT2D eigenvalue weighted by molar-refractivity contribution is 6.03. The first kappa shape index (κ1) is 20.6. The molecule has 4 rings (SSSR count). The van der Waals surface area contributed by atoms with Crippen LogP contribution in [0.25, 0.3) is 11.3 Å². The zero-order valence-electron chi connectivity index (χ0n) is 16.3. The zero-order valence-corrected chi connectivity index (χ0v) is 16.3. The van der Waals surface area contributed by atoms with Crippen LogP contribution in [0.5, 0.6) is 5.75 Å². The van der Waals surface area contributed by atoms with Crippen molar-refractivity contribution in [2.45, 2.75) is 6.18 Å². The second-order valence-corrected chi connectivity index (χ2v) is 7.12. The van der Waals surface area contributed by atoms with Crippen molar-refractivity contribution >= 4 is 17.5 Å². The molecule has 0 atom stereocenters. The number of halogens is 3. The number of benzene rings is 2. The van der Waals surface area contributed by atoms with Crippen LogP contribution >= 0.6 is 0 Å². The number of aromatic nitrogens is 1. The Morgan fingerprint density at radius 2 is 1.77 bits per heavy atom. The van der Waals surface area contributed by atoms with Gasteiger partial charge in [0.25, 0.3) is 5.91 Å². The standard InChI is InChI=1S/C21H19F3N4O3/c22-21(23,24)14-5-3-4-13(12-14)18-17(19(25)31-26-18)20(30)28-10-8-27(9-11-28)15-6-1-2-7-16(15)29/h1-7,12,29H,8-11,25H2. The van der Waals surface area contributed by atoms with E-state index in [-0.39, 0.29) is 28.5 Å². The molecule has 1 amide bonds. The fourth-order valence-corrected chi connectivity index (χ4v) is 3.59. The molecule has 7 nitrogen and oxygen atoms in total. The largest absolute Gasteiger partial charge is 0.506 e. The number of nitrogens with zero attached hydrogens (tertiary/aromatic N) is 3. The normalized spacial score (nSPS) is 14.7. The molecule has 0 aliphatic carbocycles. The Morgan fingerprint density at radius 1 is 1.06 bits per heavy atom. The topological polar surface area (TPSA) is 95.8 Å². The Morgan fingerprint density at radius 3 is 2.45 bits per heavy atom. The van der Waals surface area contributed by atoms with Crippen LogP contribution in [-0.4, -0.2) is 47.2 Å². The van der Waals surface area contributed by atoms with E-state index in [0.29, 0.717) is 31.9 Å². The summed E-state index contributed by atoms with van der Waals surface area (Å²) in [4.78, 5) is 16.6. The van der Waals surface area contributed by atoms with Crippen LogP contribution < -0.4 is 10.6 Å². The van der Waals surface area contributed by atoms with Crippen LogP contribution in [-0.2, 0) is 6.18 Å². The summed E-state index contributed by atoms with van der Waals surface area (Å²) >= 11 is 0. The number of nitrogen functional groups attached to an aromatic ring is 1. The van der Waals surface area contributed by atoms with Crippen LogP contribution in [0.1, 0.15) is 15.9 Å². The average Bonchev–Trinajstić information content (AvgIpc) is 3.14. The summed E-state index contributed by atoms with van der Waals surface area (Å²) in [6, 6.07) is 11.4. The number of rotatable bonds is 3. The molecule has 10 heteroatoms. The molecule has 2 heterocycles. The van der Waals surface area contributed by atoms with E-state index in [0.717, 1.165) is 12.1 Å². The number of amides is 1. The predicted octanol–water partition coefficient (Wildman–Crippen LogP) is 3.61. The molecule has 0 bridgehead atoms. The van der Waals surface area contributed by atoms with Crippen LogP contribution in [0.4, 0.5) is 24.7 Å². The Labute approximate surface area is 175 Å². The zero-order chi connectivity index (χ0) is 22.2. The van der Waals surface area contributed by atoms with Crippen molar-refractivity contribution < 1.29 is 27.6 Å². The van der Waals surface area contributed by atoms with Gasteiger partial charge in [0.15, 0.2) is 0 Å². The molecule has 3 N–H and O–H groups in total. The van der Waals surface area contributed by atoms with Gasteiger partial charge in [-0.1, -0.05) is 29.4 Å². The Bertz CT molecular complexity index is 1110. The Kier molecular flexibility index (Phi) is 5.22. The Balaban J connectivity index is 1.56. The van der Waals surface area contributed by atoms with Crippen molar-refractivity contribution in [3.63, 3.8) is 0 Å². The monoisotopic (exact) mass is 432 g/mol. The van der Waals surface area contributed by atoms with Gasteiger partial charge in [-0.05, 0) is 24.3 Å². The van der Waals surface area contributed by atoms with E-state index >= 15 is 0 Å². The summed E-state index contributed by atoms with van der Waals surface area (Å²) in [6.45, 7) is 1.60. The van der Waals surface area contributed by atoms with Crippen molar-refractivity contribution in [1.29, 1.82) is 0 Å². The lowest BCUT2D eigenvalue weighted by molar-refractivity contribution is -0.137. The number of nitrogens with two attached hydrogens (primary N) is 1. The van der Waals surface area contributed by atoms with Gasteiger partial charge >= 0.3 is 6.18 Å². The number of phenols is 1. The molecule has 1 aliphatic rings. The minimum Gasteiger partial charge on any atom is -0.506 e. The number of hydrogen-bond donors (Lipinski definition) is 2. The molecular formula is C21H19F3N4O3. The van der Waals surface area contributed by atoms with E-state index in [9.17, 15) is 23.1 Å². The average molecular weight is 432 g/mol. The van der Waals surface area contributed by atoms with E-state index in [4.69, 9.17) is 10.3 Å². The highest BCUT2D eigenvalue weighted by atomic mass is 19.4. The molecular weight excluding hydrogens is 413 g/mol. The number of phenolic OH excluding ortho intramolecular Hbond substituents is 1. The van der Waals surface area contributed by atoms with Gasteiger partial charge in [-0.15, -0.1) is 0 Å². The highest BCUT2D eigenvalue weighted by Gasteiger charge is 2.33. The lowest BCUT2D eigenvalue weighted by Crippen LogP contribution is -2.49. The summed E-state index contributed by atoms with van der Waals surface area (Å²) in [7, 11) is 0. The SMILES string of the molecule is Nc1onc(-c2cccc(C(F)(F)F)c2)c1C(=O)N1CCN(c2ccccc2O)CC1. The fourth-order valence-electron chi connectivity index (χ4n) is 3.59. The van der Waals surface area contributed by atoms with Crippen LogP contribution in [0.15, 0.2) is 53.1 Å². The van der Waals surface area contributed by atoms with Crippen molar-refractivity contribution in [2.24, 2.45) is 0 Å². The first-order valence-electron chi connectivity index (χ1n) is 9.50. The molecule has 162 valence electrons. The van der Waals surface area contributed by atoms with Crippen molar-refractivity contribution in [2.75, 3.05) is 36.8 Å². The minimum atomic E-state index is -4.53. The van der Waals surface area contributed by atoms with Gasteiger partial charge < -0.3 is 25.2 Å². The second-order valence-electron chi connectivity index (χ2n) is 7.12. The number of alkyl halides is 3. The van der Waals surface area contributed by atoms with E-state index in [1.165, 1.54) is 17.0 Å². The first-order chi connectivity index (χ1) is 14.8. The summed E-state index contributed by atoms with van der Waals surface area (Å²) in [5, 5.41) is 13.8. The van der Waals surface area contributed by atoms with Gasteiger partial charge in [-0.25, -0.2) is 0 Å². The number of carbonyl (C=O) groups is 1. The molecule has 3 aromatic rings. The quantitative estimate of drug-likeness (QED) is 0.657. The molecule has 1 fully saturated rings. The maximum atomic E-state index is 13.1. The van der Waals surface area contributed by atoms with Gasteiger partial charge in [0, 0.05) is 31.7 Å². The van der Waals surface area contributed by atoms with E-state index in [1.807, 2.05) is 11.0 Å². The maximum absolute atomic E-state index is 13.1. The number of anilines is 2. The molecule has 0 radical (unpaired) electrons. The third-order valence-corrected chi connectivity index (χ3v) is 5.18. The lowest BCUT2D eigenvalue weighted by atomic mass is 10.0. The molecule has 1 aromatic heterocycles. The summed E-state index contributed by atoms with van der Waals surface area (Å²) in [5.41, 5.74) is 5.61. The van der Waals surface area contributed by atoms with Crippen LogP contribution in [0, 0.1) is 0 Å². The summed E-state index contributed by atoms with van der Waals surface area (Å²) in [5.74, 6) is -0.568. The highest BCUT2D eigenvalue weighted by Crippen LogP contribution is 2.35. The van der Waals surface area contributed by atoms with Crippen molar-refractivity contribution in [3.05, 3.63) is 59.7 Å². The van der Waals surface area contributed by atoms with Crippen LogP contribution in [0.3, 0.4) is 0 Å². The molecule has 0 saturated carbocycles. The number of carbonyl (C=O) groups excluding carboxylic acids is 1. The number of aromatic hydroxyl groups is 1. The minimum absolute atomic E-state index is 0.0308. The van der Waals surface area contributed by atoms with Crippen molar-refractivity contribution in [3.8, 4) is 17.0 Å². The van der Waals surface area contributed by atoms with Gasteiger partial charge in [-0.3, -0.25) is 4.79 Å². The van der Waals surface area contributed by atoms with Gasteiger partial charge in [0.1, 0.15) is 17.0 Å². The fraction of sp³-hybridized carbons (Fsp3) is 0.238. The number of piperazine rings is 1. The molecule has 0 spiro atoms. The predicted molar refractivity (Wildman–Crippen MR) is 108 cm³/mol. The van der Waals surface area contributed by atoms with E-state index < -0.39 is 17.6 Å². The molecule has 31 heavy (non-hydrogen) atoms. The third kappa shape index (κ3) is 4.00. The molecule has 2 aromatic carbocycles. The first-order valence-corrected chi connectivity index (χ1v) is 9.50. The second kappa shape index (κ2) is 7.86. The Hall–Kier alpha value is -3.69. The van der Waals surface area contributed by atoms with Gasteiger partial charge in [-0.2, -0.15) is 13.2 Å². The lowest BCUT2D eigenvalue weighted by Gasteiger charge is -2.36. The van der Waals surface area contributed by atoms with Crippen molar-refractivity contribution in [1.82, 2.24) is 10.1 Å². The van der Waals surface area contributed by atoms with E-state index in [2.05, 4.69) is 5.16 Å². The smallest absolute Gasteiger partial charge is 0.416 e. The maximum Gasteiger partial charge on any atom is 0.416 e. The number of hydrogen-bond acceptors (Lipinski definition) is 6. The molecule has 1 aliphatic heterocycles. The van der Waals surface area contributed by atoms with Gasteiger partial charge in [0.2, 0.25) is 5.88 Å². The van der Waals surface area contributed by atoms with Gasteiger partial charge in [0.05, 0.1) is 11.3 Å². The third-order valence-electron chi connectivity index (χ3n) is 5.18. The molecule has 1 saturated heterocycles. The molecule has 0 unspecified atom stereocenters. The van der Waals surface area contributed by atoms with E-state index in [1.54, 1.807) is 18.2 Å².